The van der Waals surface area contributed by atoms with Gasteiger partial charge in [0.1, 0.15) is 0 Å². The van der Waals surface area contributed by atoms with Crippen LogP contribution in [-0.4, -0.2) is 21.1 Å². The number of hydrogen-bond donors (Lipinski definition) is 2. The van der Waals surface area contributed by atoms with E-state index in [2.05, 4.69) is 20.5 Å². The third-order valence-electron chi connectivity index (χ3n) is 1.92. The Bertz CT molecular complexity index is 524. The Hall–Kier alpha value is -2.02. The topological polar surface area (TPSA) is 93.8 Å². The Kier molecular flexibility index (Phi) is 2.78. The van der Waals surface area contributed by atoms with Crippen LogP contribution >= 0.6 is 11.3 Å². The molecule has 0 aliphatic carbocycles. The van der Waals surface area contributed by atoms with Crippen LogP contribution < -0.4 is 11.1 Å². The maximum absolute atomic E-state index is 11.7. The van der Waals surface area contributed by atoms with Gasteiger partial charge in [-0.1, -0.05) is 11.3 Å². The largest absolute Gasteiger partial charge is 0.374 e. The van der Waals surface area contributed by atoms with Gasteiger partial charge in [0.15, 0.2) is 0 Å². The number of aromatic nitrogens is 3. The van der Waals surface area contributed by atoms with Crippen LogP contribution in [0.5, 0.6) is 0 Å². The smallest absolute Gasteiger partial charge is 0.286 e. The molecule has 1 amide bonds. The lowest BCUT2D eigenvalue weighted by Crippen LogP contribution is -2.12. The number of nitrogens with two attached hydrogens (primary N) is 1. The summed E-state index contributed by atoms with van der Waals surface area (Å²) >= 11 is 1.04. The maximum Gasteiger partial charge on any atom is 0.286 e. The van der Waals surface area contributed by atoms with Crippen LogP contribution in [0.4, 0.5) is 10.8 Å². The number of carbonyl (C=O) groups excluding carboxylic acids is 1. The Morgan fingerprint density at radius 1 is 1.50 bits per heavy atom. The molecule has 0 aliphatic rings. The zero-order valence-electron chi connectivity index (χ0n) is 8.47. The van der Waals surface area contributed by atoms with Crippen molar-refractivity contribution in [3.05, 3.63) is 29.0 Å². The summed E-state index contributed by atoms with van der Waals surface area (Å²) in [7, 11) is 0. The van der Waals surface area contributed by atoms with Crippen LogP contribution in [0.15, 0.2) is 18.5 Å². The van der Waals surface area contributed by atoms with Gasteiger partial charge in [0.25, 0.3) is 5.91 Å². The second-order valence-electron chi connectivity index (χ2n) is 3.09. The number of anilines is 2. The van der Waals surface area contributed by atoms with Crippen molar-refractivity contribution >= 4 is 28.1 Å². The van der Waals surface area contributed by atoms with Gasteiger partial charge in [-0.05, 0) is 18.6 Å². The first-order valence-corrected chi connectivity index (χ1v) is 5.29. The molecular formula is C9H9N5OS. The molecule has 0 aliphatic heterocycles. The van der Waals surface area contributed by atoms with Gasteiger partial charge in [0.2, 0.25) is 10.1 Å². The van der Waals surface area contributed by atoms with Crippen molar-refractivity contribution in [2.24, 2.45) is 0 Å². The number of nitrogen functional groups attached to an aromatic ring is 1. The Labute approximate surface area is 95.5 Å². The summed E-state index contributed by atoms with van der Waals surface area (Å²) in [6, 6.07) is 1.81. The van der Waals surface area contributed by atoms with Gasteiger partial charge in [0.05, 0.1) is 11.9 Å². The first-order chi connectivity index (χ1) is 7.66. The van der Waals surface area contributed by atoms with E-state index < -0.39 is 0 Å². The average molecular weight is 235 g/mol. The highest BCUT2D eigenvalue weighted by molar-refractivity contribution is 7.16. The van der Waals surface area contributed by atoms with Crippen molar-refractivity contribution < 1.29 is 4.79 Å². The Balaban J connectivity index is 2.17. The summed E-state index contributed by atoms with van der Waals surface area (Å²) < 4.78 is 0. The fourth-order valence-electron chi connectivity index (χ4n) is 1.10. The lowest BCUT2D eigenvalue weighted by atomic mass is 10.2. The third-order valence-corrected chi connectivity index (χ3v) is 2.67. The third kappa shape index (κ3) is 2.14. The minimum Gasteiger partial charge on any atom is -0.374 e. The van der Waals surface area contributed by atoms with Crippen molar-refractivity contribution in [1.29, 1.82) is 0 Å². The molecule has 0 fully saturated rings. The summed E-state index contributed by atoms with van der Waals surface area (Å²) in [5.74, 6) is -0.328. The fraction of sp³-hybridized carbons (Fsp3) is 0.111. The summed E-state index contributed by atoms with van der Waals surface area (Å²) in [5.41, 5.74) is 6.98. The molecule has 6 nitrogen and oxygen atoms in total. The lowest BCUT2D eigenvalue weighted by Gasteiger charge is -2.04. The van der Waals surface area contributed by atoms with Crippen molar-refractivity contribution in [3.8, 4) is 0 Å². The van der Waals surface area contributed by atoms with Gasteiger partial charge in [0, 0.05) is 6.20 Å². The van der Waals surface area contributed by atoms with Crippen molar-refractivity contribution in [1.82, 2.24) is 15.2 Å². The maximum atomic E-state index is 11.7. The van der Waals surface area contributed by atoms with E-state index in [1.165, 1.54) is 0 Å². The number of hydrogen-bond acceptors (Lipinski definition) is 6. The second-order valence-corrected chi connectivity index (χ2v) is 4.10. The molecule has 0 unspecified atom stereocenters. The van der Waals surface area contributed by atoms with Crippen molar-refractivity contribution in [3.63, 3.8) is 0 Å². The first kappa shape index (κ1) is 10.5. The van der Waals surface area contributed by atoms with E-state index in [-0.39, 0.29) is 16.0 Å². The summed E-state index contributed by atoms with van der Waals surface area (Å²) in [4.78, 5) is 15.6. The molecule has 0 saturated carbocycles. The first-order valence-electron chi connectivity index (χ1n) is 4.48. The minimum absolute atomic E-state index is 0.237. The van der Waals surface area contributed by atoms with Gasteiger partial charge in [-0.2, -0.15) is 0 Å². The van der Waals surface area contributed by atoms with Crippen LogP contribution in [0.1, 0.15) is 15.4 Å². The number of amides is 1. The van der Waals surface area contributed by atoms with Gasteiger partial charge in [-0.25, -0.2) is 0 Å². The molecule has 0 bridgehead atoms. The molecule has 0 aromatic carbocycles. The predicted molar refractivity (Wildman–Crippen MR) is 61.2 cm³/mol. The second kappa shape index (κ2) is 4.23. The Morgan fingerprint density at radius 3 is 2.94 bits per heavy atom. The SMILES string of the molecule is Cc1ccncc1NC(=O)c1nnc(N)s1. The molecule has 82 valence electrons. The highest BCUT2D eigenvalue weighted by Gasteiger charge is 2.12. The predicted octanol–water partition coefficient (Wildman–Crippen LogP) is 1.08. The van der Waals surface area contributed by atoms with Gasteiger partial charge in [-0.3, -0.25) is 9.78 Å². The monoisotopic (exact) mass is 235 g/mol. The highest BCUT2D eigenvalue weighted by atomic mass is 32.1. The molecule has 0 spiro atoms. The number of rotatable bonds is 2. The number of carbonyl (C=O) groups is 1. The van der Waals surface area contributed by atoms with Gasteiger partial charge in [-0.15, -0.1) is 10.2 Å². The summed E-state index contributed by atoms with van der Waals surface area (Å²) in [6.45, 7) is 1.88. The zero-order chi connectivity index (χ0) is 11.5. The lowest BCUT2D eigenvalue weighted by molar-refractivity contribution is 0.102. The van der Waals surface area contributed by atoms with Gasteiger partial charge < -0.3 is 11.1 Å². The number of aryl methyl sites for hydroxylation is 1. The van der Waals surface area contributed by atoms with Gasteiger partial charge >= 0.3 is 0 Å². The molecule has 7 heteroatoms. The standard InChI is InChI=1S/C9H9N5OS/c1-5-2-3-11-4-6(5)12-7(15)8-13-14-9(10)16-8/h2-4H,1H3,(H2,10,14)(H,12,15). The van der Waals surface area contributed by atoms with E-state index in [1.54, 1.807) is 12.4 Å². The molecule has 3 N–H and O–H groups in total. The van der Waals surface area contributed by atoms with E-state index in [0.717, 1.165) is 16.9 Å². The van der Waals surface area contributed by atoms with E-state index >= 15 is 0 Å². The highest BCUT2D eigenvalue weighted by Crippen LogP contribution is 2.15. The molecule has 2 rings (SSSR count). The van der Waals surface area contributed by atoms with Crippen LogP contribution in [0.2, 0.25) is 0 Å². The molecular weight excluding hydrogens is 226 g/mol. The molecule has 2 aromatic heterocycles. The van der Waals surface area contributed by atoms with Crippen LogP contribution in [0.3, 0.4) is 0 Å². The minimum atomic E-state index is -0.328. The number of pyridine rings is 1. The van der Waals surface area contributed by atoms with Crippen molar-refractivity contribution in [2.75, 3.05) is 11.1 Å². The average Bonchev–Trinajstić information content (AvgIpc) is 2.68. The van der Waals surface area contributed by atoms with Crippen LogP contribution in [0.25, 0.3) is 0 Å². The quantitative estimate of drug-likeness (QED) is 0.812. The number of nitrogens with zero attached hydrogens (tertiary/aromatic N) is 3. The number of nitrogens with one attached hydrogen (secondary N) is 1. The molecule has 2 aromatic rings. The van der Waals surface area contributed by atoms with Crippen LogP contribution in [0, 0.1) is 6.92 Å². The normalized spacial score (nSPS) is 10.1. The van der Waals surface area contributed by atoms with E-state index in [0.29, 0.717) is 5.69 Å². The van der Waals surface area contributed by atoms with Crippen molar-refractivity contribution in [2.45, 2.75) is 6.92 Å². The fourth-order valence-corrected chi connectivity index (χ4v) is 1.60. The molecule has 0 atom stereocenters. The van der Waals surface area contributed by atoms with E-state index in [9.17, 15) is 4.79 Å². The summed E-state index contributed by atoms with van der Waals surface area (Å²) in [5, 5.41) is 10.4. The van der Waals surface area contributed by atoms with E-state index in [1.807, 2.05) is 13.0 Å². The molecule has 0 radical (unpaired) electrons. The Morgan fingerprint density at radius 2 is 2.31 bits per heavy atom. The molecule has 16 heavy (non-hydrogen) atoms. The zero-order valence-corrected chi connectivity index (χ0v) is 9.28. The molecule has 0 saturated heterocycles. The van der Waals surface area contributed by atoms with Crippen LogP contribution in [-0.2, 0) is 0 Å². The summed E-state index contributed by atoms with van der Waals surface area (Å²) in [6.07, 6.45) is 3.24. The molecule has 2 heterocycles. The van der Waals surface area contributed by atoms with E-state index in [4.69, 9.17) is 5.73 Å².